The van der Waals surface area contributed by atoms with Crippen LogP contribution in [-0.4, -0.2) is 29.6 Å². The SMILES string of the molecule is C=C(C)N(C(=C)NCC=O)[C@H](C)C1CCC(=O)CC1. The van der Waals surface area contributed by atoms with E-state index in [2.05, 4.69) is 25.4 Å². The number of rotatable bonds is 7. The van der Waals surface area contributed by atoms with E-state index >= 15 is 0 Å². The van der Waals surface area contributed by atoms with E-state index in [0.29, 0.717) is 30.4 Å². The molecule has 4 heteroatoms. The highest BCUT2D eigenvalue weighted by Gasteiger charge is 2.28. The highest BCUT2D eigenvalue weighted by molar-refractivity contribution is 5.79. The summed E-state index contributed by atoms with van der Waals surface area (Å²) < 4.78 is 0. The molecule has 4 nitrogen and oxygen atoms in total. The summed E-state index contributed by atoms with van der Waals surface area (Å²) >= 11 is 0. The standard InChI is InChI=1S/C15H24N2O2/c1-11(2)17(13(4)16-9-10-18)12(3)14-5-7-15(19)8-6-14/h10,12,14,16H,1,4-9H2,2-3H3/t12-/m1/s1. The Kier molecular flexibility index (Phi) is 5.80. The maximum absolute atomic E-state index is 11.3. The summed E-state index contributed by atoms with van der Waals surface area (Å²) in [5.74, 6) is 1.52. The third-order valence-corrected chi connectivity index (χ3v) is 3.77. The lowest BCUT2D eigenvalue weighted by atomic mass is 9.83. The maximum atomic E-state index is 11.3. The van der Waals surface area contributed by atoms with Gasteiger partial charge in [-0.25, -0.2) is 0 Å². The fraction of sp³-hybridized carbons (Fsp3) is 0.600. The number of carbonyl (C=O) groups is 2. The number of nitrogens with zero attached hydrogens (tertiary/aromatic N) is 1. The van der Waals surface area contributed by atoms with Gasteiger partial charge >= 0.3 is 0 Å². The van der Waals surface area contributed by atoms with Gasteiger partial charge < -0.3 is 15.0 Å². The van der Waals surface area contributed by atoms with Gasteiger partial charge in [0.15, 0.2) is 0 Å². The Morgan fingerprint density at radius 1 is 1.47 bits per heavy atom. The monoisotopic (exact) mass is 264 g/mol. The highest BCUT2D eigenvalue weighted by atomic mass is 16.1. The van der Waals surface area contributed by atoms with Crippen LogP contribution in [0, 0.1) is 5.92 Å². The van der Waals surface area contributed by atoms with Crippen molar-refractivity contribution in [2.75, 3.05) is 6.54 Å². The maximum Gasteiger partial charge on any atom is 0.139 e. The molecule has 1 atom stereocenters. The predicted octanol–water partition coefficient (Wildman–Crippen LogP) is 2.23. The zero-order chi connectivity index (χ0) is 14.4. The van der Waals surface area contributed by atoms with Crippen LogP contribution in [0.1, 0.15) is 39.5 Å². The van der Waals surface area contributed by atoms with Gasteiger partial charge in [0, 0.05) is 24.6 Å². The second-order valence-corrected chi connectivity index (χ2v) is 5.22. The van der Waals surface area contributed by atoms with Crippen molar-refractivity contribution in [3.05, 3.63) is 24.7 Å². The Morgan fingerprint density at radius 3 is 2.53 bits per heavy atom. The number of hydrogen-bond acceptors (Lipinski definition) is 4. The Hall–Kier alpha value is -1.58. The minimum atomic E-state index is 0.234. The Balaban J connectivity index is 2.69. The van der Waals surface area contributed by atoms with Crippen LogP contribution >= 0.6 is 0 Å². The summed E-state index contributed by atoms with van der Waals surface area (Å²) in [4.78, 5) is 23.8. The first-order valence-corrected chi connectivity index (χ1v) is 6.80. The Bertz CT molecular complexity index is 366. The molecule has 1 N–H and O–H groups in total. The summed E-state index contributed by atoms with van der Waals surface area (Å²) in [7, 11) is 0. The molecule has 0 aromatic heterocycles. The van der Waals surface area contributed by atoms with Crippen molar-refractivity contribution in [1.29, 1.82) is 0 Å². The largest absolute Gasteiger partial charge is 0.365 e. The van der Waals surface area contributed by atoms with Crippen LogP contribution in [0.25, 0.3) is 0 Å². The molecular weight excluding hydrogens is 240 g/mol. The zero-order valence-electron chi connectivity index (χ0n) is 11.9. The third-order valence-electron chi connectivity index (χ3n) is 3.77. The van der Waals surface area contributed by atoms with Gasteiger partial charge in [0.2, 0.25) is 0 Å². The lowest BCUT2D eigenvalue weighted by Crippen LogP contribution is -2.42. The normalized spacial score (nSPS) is 17.7. The topological polar surface area (TPSA) is 49.4 Å². The van der Waals surface area contributed by atoms with E-state index in [1.54, 1.807) is 0 Å². The van der Waals surface area contributed by atoms with Gasteiger partial charge in [0.25, 0.3) is 0 Å². The first-order valence-electron chi connectivity index (χ1n) is 6.80. The smallest absolute Gasteiger partial charge is 0.139 e. The van der Waals surface area contributed by atoms with Gasteiger partial charge in [-0.1, -0.05) is 13.2 Å². The van der Waals surface area contributed by atoms with Crippen molar-refractivity contribution in [1.82, 2.24) is 10.2 Å². The van der Waals surface area contributed by atoms with Crippen LogP contribution < -0.4 is 5.32 Å². The van der Waals surface area contributed by atoms with Crippen molar-refractivity contribution < 1.29 is 9.59 Å². The van der Waals surface area contributed by atoms with Crippen LogP contribution in [0.5, 0.6) is 0 Å². The molecule has 0 radical (unpaired) electrons. The summed E-state index contributed by atoms with van der Waals surface area (Å²) in [5.41, 5.74) is 0.896. The number of Topliss-reactive ketones (excluding diaryl/α,β-unsaturated/α-hetero) is 1. The molecule has 0 bridgehead atoms. The molecule has 0 aromatic rings. The first-order chi connectivity index (χ1) is 8.97. The Labute approximate surface area is 115 Å². The van der Waals surface area contributed by atoms with Gasteiger partial charge in [0.1, 0.15) is 12.1 Å². The van der Waals surface area contributed by atoms with E-state index in [1.807, 2.05) is 11.8 Å². The minimum absolute atomic E-state index is 0.234. The second-order valence-electron chi connectivity index (χ2n) is 5.22. The van der Waals surface area contributed by atoms with Gasteiger partial charge in [-0.05, 0) is 32.6 Å². The molecule has 106 valence electrons. The van der Waals surface area contributed by atoms with E-state index in [0.717, 1.165) is 24.8 Å². The van der Waals surface area contributed by atoms with Gasteiger partial charge in [-0.3, -0.25) is 4.79 Å². The minimum Gasteiger partial charge on any atom is -0.365 e. The molecule has 19 heavy (non-hydrogen) atoms. The lowest BCUT2D eigenvalue weighted by Gasteiger charge is -2.39. The fourth-order valence-corrected chi connectivity index (χ4v) is 2.72. The number of nitrogens with one attached hydrogen (secondary N) is 1. The highest BCUT2D eigenvalue weighted by Crippen LogP contribution is 2.29. The van der Waals surface area contributed by atoms with Crippen molar-refractivity contribution in [3.63, 3.8) is 0 Å². The third kappa shape index (κ3) is 4.23. The first kappa shape index (κ1) is 15.5. The number of carbonyl (C=O) groups excluding carboxylic acids is 2. The van der Waals surface area contributed by atoms with Crippen LogP contribution in [-0.2, 0) is 9.59 Å². The number of hydrogen-bond donors (Lipinski definition) is 1. The molecule has 0 unspecified atom stereocenters. The molecule has 0 saturated heterocycles. The number of allylic oxidation sites excluding steroid dienone is 1. The van der Waals surface area contributed by atoms with Crippen molar-refractivity contribution in [2.24, 2.45) is 5.92 Å². The van der Waals surface area contributed by atoms with Crippen molar-refractivity contribution >= 4 is 12.1 Å². The average molecular weight is 264 g/mol. The number of ketones is 1. The van der Waals surface area contributed by atoms with Crippen LogP contribution in [0.2, 0.25) is 0 Å². The van der Waals surface area contributed by atoms with Crippen molar-refractivity contribution in [3.8, 4) is 0 Å². The van der Waals surface area contributed by atoms with Gasteiger partial charge in [0.05, 0.1) is 12.4 Å². The zero-order valence-corrected chi connectivity index (χ0v) is 11.9. The van der Waals surface area contributed by atoms with Crippen molar-refractivity contribution in [2.45, 2.75) is 45.6 Å². The van der Waals surface area contributed by atoms with Gasteiger partial charge in [-0.2, -0.15) is 0 Å². The molecule has 0 amide bonds. The molecule has 1 rings (SSSR count). The molecule has 0 spiro atoms. The molecule has 0 heterocycles. The fourth-order valence-electron chi connectivity index (χ4n) is 2.72. The molecular formula is C15H24N2O2. The Morgan fingerprint density at radius 2 is 2.05 bits per heavy atom. The summed E-state index contributed by atoms with van der Waals surface area (Å²) in [6, 6.07) is 0.234. The molecule has 1 aliphatic rings. The van der Waals surface area contributed by atoms with E-state index in [9.17, 15) is 9.59 Å². The molecule has 1 saturated carbocycles. The number of aldehydes is 1. The second kappa shape index (κ2) is 7.12. The summed E-state index contributed by atoms with van der Waals surface area (Å²) in [5, 5.41) is 2.98. The summed E-state index contributed by atoms with van der Waals surface area (Å²) in [6.45, 7) is 12.3. The molecule has 0 aromatic carbocycles. The average Bonchev–Trinajstić information content (AvgIpc) is 2.36. The predicted molar refractivity (Wildman–Crippen MR) is 76.3 cm³/mol. The molecule has 0 aliphatic heterocycles. The van der Waals surface area contributed by atoms with Crippen LogP contribution in [0.15, 0.2) is 24.7 Å². The molecule has 1 fully saturated rings. The summed E-state index contributed by atoms with van der Waals surface area (Å²) in [6.07, 6.45) is 4.00. The quantitative estimate of drug-likeness (QED) is 0.716. The van der Waals surface area contributed by atoms with E-state index in [-0.39, 0.29) is 12.6 Å². The van der Waals surface area contributed by atoms with E-state index < -0.39 is 0 Å². The van der Waals surface area contributed by atoms with Gasteiger partial charge in [-0.15, -0.1) is 0 Å². The van der Waals surface area contributed by atoms with Crippen LogP contribution in [0.4, 0.5) is 0 Å². The lowest BCUT2D eigenvalue weighted by molar-refractivity contribution is -0.121. The van der Waals surface area contributed by atoms with Crippen LogP contribution in [0.3, 0.4) is 0 Å². The van der Waals surface area contributed by atoms with E-state index in [4.69, 9.17) is 0 Å². The molecule has 1 aliphatic carbocycles. The van der Waals surface area contributed by atoms with E-state index in [1.165, 1.54) is 0 Å².